The summed E-state index contributed by atoms with van der Waals surface area (Å²) in [6.45, 7) is 3.61. The lowest BCUT2D eigenvalue weighted by Crippen LogP contribution is -2.53. The fourth-order valence-electron chi connectivity index (χ4n) is 6.18. The van der Waals surface area contributed by atoms with E-state index in [1.165, 1.54) is 11.3 Å². The van der Waals surface area contributed by atoms with Gasteiger partial charge in [0.05, 0.1) is 15.6 Å². The van der Waals surface area contributed by atoms with Crippen molar-refractivity contribution in [2.45, 2.75) is 37.4 Å². The first-order valence-corrected chi connectivity index (χ1v) is 14.4. The monoisotopic (exact) mass is 571 g/mol. The van der Waals surface area contributed by atoms with E-state index in [1.807, 2.05) is 14.0 Å². The third-order valence-corrected chi connectivity index (χ3v) is 9.45. The SMILES string of the molecule is Cc1cc(Oc2ccccc2O)ccc1C1(N)C(=O)C(N)c2c(C(=O)NC3CCCN(C)C3)sc3c(N)ccc1c23. The van der Waals surface area contributed by atoms with Gasteiger partial charge in [0, 0.05) is 29.2 Å². The quantitative estimate of drug-likeness (QED) is 0.226. The number of piperidine rings is 1. The Labute approximate surface area is 241 Å². The lowest BCUT2D eigenvalue weighted by molar-refractivity contribution is -0.124. The number of carbonyl (C=O) groups is 2. The van der Waals surface area contributed by atoms with Gasteiger partial charge in [0.2, 0.25) is 0 Å². The molecule has 1 aromatic heterocycles. The van der Waals surface area contributed by atoms with Gasteiger partial charge < -0.3 is 37.3 Å². The number of para-hydroxylation sites is 2. The van der Waals surface area contributed by atoms with Gasteiger partial charge in [0.25, 0.3) is 5.91 Å². The first kappa shape index (κ1) is 27.2. The molecule has 0 bridgehead atoms. The van der Waals surface area contributed by atoms with Crippen molar-refractivity contribution in [2.75, 3.05) is 25.9 Å². The van der Waals surface area contributed by atoms with Crippen LogP contribution in [-0.4, -0.2) is 47.9 Å². The highest BCUT2D eigenvalue weighted by molar-refractivity contribution is 7.21. The second-order valence-electron chi connectivity index (χ2n) is 11.0. The van der Waals surface area contributed by atoms with E-state index in [9.17, 15) is 14.7 Å². The van der Waals surface area contributed by atoms with Crippen molar-refractivity contribution in [2.24, 2.45) is 11.5 Å². The summed E-state index contributed by atoms with van der Waals surface area (Å²) in [5.41, 5.74) is 21.4. The van der Waals surface area contributed by atoms with Crippen LogP contribution in [0.3, 0.4) is 0 Å². The third kappa shape index (κ3) is 4.43. The van der Waals surface area contributed by atoms with Gasteiger partial charge in [-0.2, -0.15) is 0 Å². The minimum absolute atomic E-state index is 0.0146. The summed E-state index contributed by atoms with van der Waals surface area (Å²) in [4.78, 5) is 30.3. The summed E-state index contributed by atoms with van der Waals surface area (Å²) >= 11 is 1.26. The van der Waals surface area contributed by atoms with E-state index in [4.69, 9.17) is 21.9 Å². The lowest BCUT2D eigenvalue weighted by Gasteiger charge is -2.37. The Kier molecular flexibility index (Phi) is 6.74. The number of benzene rings is 3. The molecule has 2 aliphatic rings. The maximum Gasteiger partial charge on any atom is 0.262 e. The van der Waals surface area contributed by atoms with Gasteiger partial charge in [-0.3, -0.25) is 9.59 Å². The predicted molar refractivity (Wildman–Crippen MR) is 160 cm³/mol. The summed E-state index contributed by atoms with van der Waals surface area (Å²) in [6.07, 6.45) is 1.89. The third-order valence-electron chi connectivity index (χ3n) is 8.19. The zero-order chi connectivity index (χ0) is 29.1. The van der Waals surface area contributed by atoms with Crippen LogP contribution in [0.4, 0.5) is 5.69 Å². The van der Waals surface area contributed by atoms with Crippen molar-refractivity contribution in [3.63, 3.8) is 0 Å². The molecule has 6 rings (SSSR count). The average molecular weight is 572 g/mol. The number of phenolic OH excluding ortho intramolecular Hbond substituents is 1. The Hall–Kier alpha value is -3.96. The van der Waals surface area contributed by atoms with Crippen molar-refractivity contribution >= 4 is 38.8 Å². The van der Waals surface area contributed by atoms with E-state index < -0.39 is 17.4 Å². The number of nitrogens with two attached hydrogens (primary N) is 3. The number of hydrogen-bond acceptors (Lipinski definition) is 9. The second-order valence-corrected chi connectivity index (χ2v) is 12.0. The second kappa shape index (κ2) is 10.1. The van der Waals surface area contributed by atoms with E-state index in [2.05, 4.69) is 10.2 Å². The Morgan fingerprint density at radius 1 is 1.17 bits per heavy atom. The summed E-state index contributed by atoms with van der Waals surface area (Å²) in [5.74, 6) is 0.157. The van der Waals surface area contributed by atoms with Crippen LogP contribution in [0, 0.1) is 6.92 Å². The number of ketones is 1. The van der Waals surface area contributed by atoms with Crippen molar-refractivity contribution in [3.8, 4) is 17.2 Å². The molecule has 4 aromatic rings. The van der Waals surface area contributed by atoms with Crippen LogP contribution in [0.25, 0.3) is 10.1 Å². The number of rotatable bonds is 5. The van der Waals surface area contributed by atoms with E-state index in [1.54, 1.807) is 54.6 Å². The Morgan fingerprint density at radius 2 is 1.93 bits per heavy atom. The van der Waals surface area contributed by atoms with Gasteiger partial charge in [-0.25, -0.2) is 0 Å². The summed E-state index contributed by atoms with van der Waals surface area (Å²) < 4.78 is 6.57. The summed E-state index contributed by atoms with van der Waals surface area (Å²) in [5, 5.41) is 13.9. The predicted octanol–water partition coefficient (Wildman–Crippen LogP) is 3.90. The van der Waals surface area contributed by atoms with E-state index >= 15 is 0 Å². The van der Waals surface area contributed by atoms with Crippen molar-refractivity contribution in [1.82, 2.24) is 10.2 Å². The highest BCUT2D eigenvalue weighted by Gasteiger charge is 2.49. The maximum atomic E-state index is 14.1. The number of phenols is 1. The van der Waals surface area contributed by atoms with E-state index in [0.717, 1.165) is 25.9 Å². The normalized spacial score (nSPS) is 22.6. The number of Topliss-reactive ketones (excluding diaryl/α,β-unsaturated/α-hetero) is 1. The van der Waals surface area contributed by atoms with Crippen LogP contribution in [0.1, 0.15) is 50.8 Å². The van der Waals surface area contributed by atoms with E-state index in [0.29, 0.717) is 54.4 Å². The van der Waals surface area contributed by atoms with Crippen LogP contribution in [0.2, 0.25) is 0 Å². The molecule has 1 saturated heterocycles. The molecule has 3 unspecified atom stereocenters. The van der Waals surface area contributed by atoms with Gasteiger partial charge in [0.15, 0.2) is 17.3 Å². The number of thiophene rings is 1. The lowest BCUT2D eigenvalue weighted by atomic mass is 9.69. The van der Waals surface area contributed by atoms with Gasteiger partial charge >= 0.3 is 0 Å². The molecule has 1 amide bonds. The molecule has 0 spiro atoms. The first-order chi connectivity index (χ1) is 19.6. The number of carbonyl (C=O) groups excluding carboxylic acids is 2. The standard InChI is InChI=1S/C31H33N5O4S/c1-16-14-18(40-23-8-4-3-7-22(23)37)9-10-19(16)31(34)20-11-12-21(32)27-24(20)25(26(33)29(31)38)28(41-27)30(39)35-17-6-5-13-36(2)15-17/h3-4,7-12,14,17,26,37H,5-6,13,15,32-34H2,1-2H3,(H,35,39). The molecule has 10 heteroatoms. The average Bonchev–Trinajstić information content (AvgIpc) is 3.35. The number of nitrogen functional groups attached to an aromatic ring is 1. The molecule has 9 nitrogen and oxygen atoms in total. The number of aromatic hydroxyl groups is 1. The highest BCUT2D eigenvalue weighted by atomic mass is 32.1. The van der Waals surface area contributed by atoms with Gasteiger partial charge in [-0.05, 0) is 80.4 Å². The molecule has 3 aromatic carbocycles. The number of anilines is 1. The Bertz CT molecular complexity index is 1700. The zero-order valence-electron chi connectivity index (χ0n) is 22.9. The fourth-order valence-corrected chi connectivity index (χ4v) is 7.38. The number of nitrogens with zero attached hydrogens (tertiary/aromatic N) is 1. The number of amides is 1. The minimum Gasteiger partial charge on any atom is -0.504 e. The molecule has 2 heterocycles. The molecule has 1 aliphatic carbocycles. The number of ether oxygens (including phenoxy) is 1. The van der Waals surface area contributed by atoms with Crippen molar-refractivity contribution in [3.05, 3.63) is 81.7 Å². The van der Waals surface area contributed by atoms with Crippen LogP contribution in [0.15, 0.2) is 54.6 Å². The van der Waals surface area contributed by atoms with Crippen molar-refractivity contribution < 1.29 is 19.4 Å². The molecule has 0 radical (unpaired) electrons. The van der Waals surface area contributed by atoms with Gasteiger partial charge in [-0.1, -0.05) is 24.3 Å². The molecule has 1 aliphatic heterocycles. The smallest absolute Gasteiger partial charge is 0.262 e. The van der Waals surface area contributed by atoms with Crippen LogP contribution in [0.5, 0.6) is 17.2 Å². The number of likely N-dealkylation sites (tertiary alicyclic amines) is 1. The molecule has 1 fully saturated rings. The van der Waals surface area contributed by atoms with Crippen LogP contribution < -0.4 is 27.3 Å². The minimum atomic E-state index is -1.57. The highest BCUT2D eigenvalue weighted by Crippen LogP contribution is 2.50. The molecular formula is C31H33N5O4S. The Balaban J connectivity index is 1.43. The molecule has 0 saturated carbocycles. The first-order valence-electron chi connectivity index (χ1n) is 13.6. The topological polar surface area (TPSA) is 157 Å². The van der Waals surface area contributed by atoms with E-state index in [-0.39, 0.29) is 17.7 Å². The molecule has 3 atom stereocenters. The van der Waals surface area contributed by atoms with Crippen LogP contribution >= 0.6 is 11.3 Å². The fraction of sp³-hybridized carbons (Fsp3) is 0.290. The number of aryl methyl sites for hydroxylation is 1. The van der Waals surface area contributed by atoms with Gasteiger partial charge in [-0.15, -0.1) is 11.3 Å². The number of likely N-dealkylation sites (N-methyl/N-ethyl adjacent to an activating group) is 1. The number of nitrogens with one attached hydrogen (secondary N) is 1. The zero-order valence-corrected chi connectivity index (χ0v) is 23.8. The summed E-state index contributed by atoms with van der Waals surface area (Å²) in [7, 11) is 2.04. The van der Waals surface area contributed by atoms with Gasteiger partial charge in [0.1, 0.15) is 11.3 Å². The molecule has 41 heavy (non-hydrogen) atoms. The van der Waals surface area contributed by atoms with Crippen LogP contribution in [-0.2, 0) is 10.3 Å². The number of hydrogen-bond donors (Lipinski definition) is 5. The maximum absolute atomic E-state index is 14.1. The Morgan fingerprint density at radius 3 is 2.66 bits per heavy atom. The van der Waals surface area contributed by atoms with Crippen molar-refractivity contribution in [1.29, 1.82) is 0 Å². The largest absolute Gasteiger partial charge is 0.504 e. The molecule has 212 valence electrons. The summed E-state index contributed by atoms with van der Waals surface area (Å²) in [6, 6.07) is 14.3. The molecule has 8 N–H and O–H groups in total. The molecular weight excluding hydrogens is 538 g/mol.